The molecule has 3 heterocycles. The van der Waals surface area contributed by atoms with Gasteiger partial charge in [-0.15, -0.1) is 0 Å². The predicted octanol–water partition coefficient (Wildman–Crippen LogP) is 4.98. The first kappa shape index (κ1) is 19.5. The lowest BCUT2D eigenvalue weighted by atomic mass is 9.83. The minimum atomic E-state index is 0.178. The molecule has 4 rings (SSSR count). The van der Waals surface area contributed by atoms with Crippen LogP contribution in [-0.2, 0) is 17.8 Å². The maximum absolute atomic E-state index is 6.66. The Labute approximate surface area is 169 Å². The number of aryl methyl sites for hydroxylation is 2. The molecule has 2 aromatic rings. The zero-order chi connectivity index (χ0) is 19.4. The second kappa shape index (κ2) is 8.71. The van der Waals surface area contributed by atoms with Gasteiger partial charge >= 0.3 is 0 Å². The average molecular weight is 380 g/mol. The van der Waals surface area contributed by atoms with Crippen LogP contribution in [0.5, 0.6) is 0 Å². The Balaban J connectivity index is 1.46. The van der Waals surface area contributed by atoms with Crippen molar-refractivity contribution in [3.63, 3.8) is 0 Å². The van der Waals surface area contributed by atoms with E-state index in [1.165, 1.54) is 44.9 Å². The van der Waals surface area contributed by atoms with Crippen molar-refractivity contribution in [3.8, 4) is 0 Å². The van der Waals surface area contributed by atoms with Crippen molar-refractivity contribution in [1.82, 2.24) is 14.9 Å². The summed E-state index contributed by atoms with van der Waals surface area (Å²) >= 11 is 0. The summed E-state index contributed by atoms with van der Waals surface area (Å²) in [6.07, 6.45) is 9.28. The van der Waals surface area contributed by atoms with Crippen LogP contribution in [0.4, 0.5) is 0 Å². The molecule has 150 valence electrons. The lowest BCUT2D eigenvalue weighted by Crippen LogP contribution is -2.36. The Hall–Kier alpha value is -1.78. The van der Waals surface area contributed by atoms with E-state index >= 15 is 0 Å². The molecule has 1 aliphatic carbocycles. The third-order valence-electron chi connectivity index (χ3n) is 6.23. The van der Waals surface area contributed by atoms with E-state index in [0.29, 0.717) is 6.10 Å². The highest BCUT2D eigenvalue weighted by molar-refractivity contribution is 5.12. The molecule has 2 aliphatic rings. The lowest BCUT2D eigenvalue weighted by molar-refractivity contribution is -0.0732. The molecule has 1 saturated heterocycles. The van der Waals surface area contributed by atoms with E-state index in [4.69, 9.17) is 14.7 Å². The monoisotopic (exact) mass is 379 g/mol. The van der Waals surface area contributed by atoms with Crippen molar-refractivity contribution in [2.45, 2.75) is 83.6 Å². The minimum absolute atomic E-state index is 0.178. The van der Waals surface area contributed by atoms with E-state index < -0.39 is 0 Å². The molecule has 1 spiro atoms. The van der Waals surface area contributed by atoms with E-state index in [2.05, 4.69) is 55.1 Å². The summed E-state index contributed by atoms with van der Waals surface area (Å²) in [4.78, 5) is 11.9. The van der Waals surface area contributed by atoms with Gasteiger partial charge in [0.15, 0.2) is 0 Å². The standard InChI is InChI=1S/C24H33N3O/c1-19-8-6-10-21(25-19)16-27(17-22-11-7-9-20(2)26-22)18-23-12-15-24(28-23)13-4-3-5-14-24/h6-11,23H,3-5,12-18H2,1-2H3/t23-/m0/s1. The van der Waals surface area contributed by atoms with Crippen molar-refractivity contribution in [3.05, 3.63) is 59.2 Å². The quantitative estimate of drug-likeness (QED) is 0.710. The van der Waals surface area contributed by atoms with Crippen molar-refractivity contribution in [2.75, 3.05) is 6.54 Å². The van der Waals surface area contributed by atoms with Crippen molar-refractivity contribution in [2.24, 2.45) is 0 Å². The molecule has 4 heteroatoms. The molecule has 2 aromatic heterocycles. The Morgan fingerprint density at radius 2 is 1.50 bits per heavy atom. The second-order valence-corrected chi connectivity index (χ2v) is 8.73. The van der Waals surface area contributed by atoms with Crippen molar-refractivity contribution >= 4 is 0 Å². The van der Waals surface area contributed by atoms with Gasteiger partial charge in [-0.25, -0.2) is 0 Å². The second-order valence-electron chi connectivity index (χ2n) is 8.73. The molecule has 0 radical (unpaired) electrons. The van der Waals surface area contributed by atoms with Crippen LogP contribution in [0.2, 0.25) is 0 Å². The molecule has 1 saturated carbocycles. The van der Waals surface area contributed by atoms with Crippen molar-refractivity contribution in [1.29, 1.82) is 0 Å². The van der Waals surface area contributed by atoms with Crippen LogP contribution in [0, 0.1) is 13.8 Å². The van der Waals surface area contributed by atoms with Gasteiger partial charge in [-0.05, 0) is 63.8 Å². The van der Waals surface area contributed by atoms with E-state index in [0.717, 1.165) is 42.4 Å². The van der Waals surface area contributed by atoms with Crippen LogP contribution >= 0.6 is 0 Å². The molecule has 0 unspecified atom stereocenters. The van der Waals surface area contributed by atoms with Gasteiger partial charge in [0.1, 0.15) is 0 Å². The van der Waals surface area contributed by atoms with Gasteiger partial charge in [0.05, 0.1) is 23.1 Å². The first-order valence-electron chi connectivity index (χ1n) is 10.9. The van der Waals surface area contributed by atoms with Gasteiger partial charge in [0.2, 0.25) is 0 Å². The predicted molar refractivity (Wildman–Crippen MR) is 112 cm³/mol. The van der Waals surface area contributed by atoms with E-state index in [1.54, 1.807) is 0 Å². The summed E-state index contributed by atoms with van der Waals surface area (Å²) in [6.45, 7) is 6.74. The molecule has 28 heavy (non-hydrogen) atoms. The summed E-state index contributed by atoms with van der Waals surface area (Å²) in [5.74, 6) is 0. The van der Waals surface area contributed by atoms with Gasteiger partial charge in [0.25, 0.3) is 0 Å². The Kier molecular flexibility index (Phi) is 6.07. The first-order chi connectivity index (χ1) is 13.6. The van der Waals surface area contributed by atoms with Crippen molar-refractivity contribution < 1.29 is 4.74 Å². The summed E-state index contributed by atoms with van der Waals surface area (Å²) in [5.41, 5.74) is 4.57. The highest BCUT2D eigenvalue weighted by Crippen LogP contribution is 2.42. The topological polar surface area (TPSA) is 38.2 Å². The number of aromatic nitrogens is 2. The third kappa shape index (κ3) is 4.98. The molecule has 0 bridgehead atoms. The Morgan fingerprint density at radius 1 is 0.893 bits per heavy atom. The van der Waals surface area contributed by atoms with Crippen LogP contribution in [0.3, 0.4) is 0 Å². The van der Waals surface area contributed by atoms with Gasteiger partial charge in [-0.1, -0.05) is 31.4 Å². The highest BCUT2D eigenvalue weighted by atomic mass is 16.5. The fraction of sp³-hybridized carbons (Fsp3) is 0.583. The molecule has 1 aliphatic heterocycles. The van der Waals surface area contributed by atoms with E-state index in [1.807, 2.05) is 0 Å². The van der Waals surface area contributed by atoms with Crippen LogP contribution in [0.15, 0.2) is 36.4 Å². The minimum Gasteiger partial charge on any atom is -0.370 e. The zero-order valence-corrected chi connectivity index (χ0v) is 17.4. The Bertz CT molecular complexity index is 737. The van der Waals surface area contributed by atoms with Crippen LogP contribution in [-0.4, -0.2) is 33.1 Å². The SMILES string of the molecule is Cc1cccc(CN(Cc2cccc(C)n2)C[C@@H]2CCC3(CCCCC3)O2)n1. The third-order valence-corrected chi connectivity index (χ3v) is 6.23. The van der Waals surface area contributed by atoms with E-state index in [-0.39, 0.29) is 5.60 Å². The summed E-state index contributed by atoms with van der Waals surface area (Å²) in [5, 5.41) is 0. The first-order valence-corrected chi connectivity index (χ1v) is 10.9. The molecule has 1 atom stereocenters. The summed E-state index contributed by atoms with van der Waals surface area (Å²) < 4.78 is 6.66. The fourth-order valence-electron chi connectivity index (χ4n) is 4.89. The molecule has 2 fully saturated rings. The number of nitrogens with zero attached hydrogens (tertiary/aromatic N) is 3. The molecular formula is C24H33N3O. The maximum Gasteiger partial charge on any atom is 0.0710 e. The molecule has 0 aromatic carbocycles. The van der Waals surface area contributed by atoms with Crippen LogP contribution < -0.4 is 0 Å². The lowest BCUT2D eigenvalue weighted by Gasteiger charge is -2.34. The van der Waals surface area contributed by atoms with Crippen LogP contribution in [0.25, 0.3) is 0 Å². The van der Waals surface area contributed by atoms with Gasteiger partial charge in [-0.3, -0.25) is 14.9 Å². The average Bonchev–Trinajstić information content (AvgIpc) is 3.04. The maximum atomic E-state index is 6.66. The smallest absolute Gasteiger partial charge is 0.0710 e. The summed E-state index contributed by atoms with van der Waals surface area (Å²) in [6, 6.07) is 12.6. The summed E-state index contributed by atoms with van der Waals surface area (Å²) in [7, 11) is 0. The number of pyridine rings is 2. The van der Waals surface area contributed by atoms with Gasteiger partial charge in [-0.2, -0.15) is 0 Å². The molecule has 4 nitrogen and oxygen atoms in total. The normalized spacial score (nSPS) is 21.5. The van der Waals surface area contributed by atoms with Crippen LogP contribution in [0.1, 0.15) is 67.7 Å². The Morgan fingerprint density at radius 3 is 2.07 bits per heavy atom. The molecular weight excluding hydrogens is 346 g/mol. The van der Waals surface area contributed by atoms with Gasteiger partial charge in [0, 0.05) is 31.0 Å². The molecule has 0 N–H and O–H groups in total. The number of ether oxygens (including phenoxy) is 1. The van der Waals surface area contributed by atoms with E-state index in [9.17, 15) is 0 Å². The molecule has 0 amide bonds. The number of hydrogen-bond donors (Lipinski definition) is 0. The fourth-order valence-corrected chi connectivity index (χ4v) is 4.89. The van der Waals surface area contributed by atoms with Gasteiger partial charge < -0.3 is 4.74 Å². The zero-order valence-electron chi connectivity index (χ0n) is 17.4. The largest absolute Gasteiger partial charge is 0.370 e. The highest BCUT2D eigenvalue weighted by Gasteiger charge is 2.41. The number of hydrogen-bond acceptors (Lipinski definition) is 4. The number of rotatable bonds is 6.